The summed E-state index contributed by atoms with van der Waals surface area (Å²) in [7, 11) is 0. The van der Waals surface area contributed by atoms with E-state index in [-0.39, 0.29) is 17.6 Å². The van der Waals surface area contributed by atoms with Gasteiger partial charge in [0.1, 0.15) is 17.1 Å². The predicted molar refractivity (Wildman–Crippen MR) is 127 cm³/mol. The topological polar surface area (TPSA) is 92.8 Å². The van der Waals surface area contributed by atoms with Crippen LogP contribution in [0.15, 0.2) is 59.8 Å². The van der Waals surface area contributed by atoms with Crippen LogP contribution in [0.25, 0.3) is 5.69 Å². The lowest BCUT2D eigenvalue weighted by atomic mass is 9.98. The van der Waals surface area contributed by atoms with Crippen LogP contribution in [-0.4, -0.2) is 38.6 Å². The molecule has 1 heterocycles. The van der Waals surface area contributed by atoms with E-state index in [1.165, 1.54) is 11.8 Å². The minimum Gasteiger partial charge on any atom is -0.494 e. The van der Waals surface area contributed by atoms with Crippen molar-refractivity contribution in [2.45, 2.75) is 43.8 Å². The second kappa shape index (κ2) is 10.1. The van der Waals surface area contributed by atoms with Gasteiger partial charge >= 0.3 is 0 Å². The Morgan fingerprint density at radius 1 is 1.21 bits per heavy atom. The first-order chi connectivity index (χ1) is 16.0. The minimum atomic E-state index is -0.807. The summed E-state index contributed by atoms with van der Waals surface area (Å²) >= 11 is 1.32. The maximum atomic E-state index is 12.6. The molecule has 3 aromatic rings. The molecule has 1 amide bonds. The van der Waals surface area contributed by atoms with Gasteiger partial charge in [0.05, 0.1) is 18.4 Å². The Morgan fingerprint density at radius 3 is 2.58 bits per heavy atom. The first-order valence-corrected chi connectivity index (χ1v) is 12.1. The number of benzene rings is 2. The van der Waals surface area contributed by atoms with E-state index in [0.717, 1.165) is 35.7 Å². The smallest absolute Gasteiger partial charge is 0.231 e. The van der Waals surface area contributed by atoms with Crippen LogP contribution in [0, 0.1) is 17.2 Å². The summed E-state index contributed by atoms with van der Waals surface area (Å²) in [4.78, 5) is 12.6. The van der Waals surface area contributed by atoms with E-state index >= 15 is 0 Å². The van der Waals surface area contributed by atoms with Gasteiger partial charge in [-0.3, -0.25) is 9.36 Å². The van der Waals surface area contributed by atoms with Crippen LogP contribution in [0.4, 0.5) is 0 Å². The fraction of sp³-hybridized carbons (Fsp3) is 0.360. The molecule has 1 aliphatic carbocycles. The average molecular weight is 462 g/mol. The quantitative estimate of drug-likeness (QED) is 0.456. The Bertz CT molecular complexity index is 1140. The molecule has 8 heteroatoms. The van der Waals surface area contributed by atoms with Crippen LogP contribution in [0.3, 0.4) is 0 Å². The second-order valence-electron chi connectivity index (χ2n) is 8.25. The van der Waals surface area contributed by atoms with Gasteiger partial charge in [-0.2, -0.15) is 5.26 Å². The van der Waals surface area contributed by atoms with Crippen molar-refractivity contribution in [3.8, 4) is 17.5 Å². The molecule has 2 aromatic carbocycles. The standard InChI is InChI=1S/C25H27N5O2S/c1-3-32-21-13-11-20(12-14-21)30-22(15-18-7-5-4-6-8-18)28-29-24(30)33-16-23(31)27-25(2,17-26)19-9-10-19/h4-8,11-14,19H,3,9-10,15-16H2,1-2H3,(H,27,31). The molecule has 1 saturated carbocycles. The van der Waals surface area contributed by atoms with E-state index in [0.29, 0.717) is 18.2 Å². The number of carbonyl (C=O) groups excluding carboxylic acids is 1. The lowest BCUT2D eigenvalue weighted by Crippen LogP contribution is -2.47. The molecule has 0 spiro atoms. The van der Waals surface area contributed by atoms with E-state index in [4.69, 9.17) is 4.74 Å². The minimum absolute atomic E-state index is 0.157. The van der Waals surface area contributed by atoms with Gasteiger partial charge in [-0.15, -0.1) is 10.2 Å². The van der Waals surface area contributed by atoms with Crippen LogP contribution in [0.5, 0.6) is 5.75 Å². The number of hydrogen-bond acceptors (Lipinski definition) is 6. The van der Waals surface area contributed by atoms with E-state index in [9.17, 15) is 10.1 Å². The molecule has 0 saturated heterocycles. The molecule has 0 aliphatic heterocycles. The van der Waals surface area contributed by atoms with Crippen molar-refractivity contribution < 1.29 is 9.53 Å². The monoisotopic (exact) mass is 461 g/mol. The normalized spacial score (nSPS) is 14.8. The molecule has 7 nitrogen and oxygen atoms in total. The van der Waals surface area contributed by atoms with Crippen molar-refractivity contribution in [2.24, 2.45) is 5.92 Å². The van der Waals surface area contributed by atoms with Crippen LogP contribution in [-0.2, 0) is 11.2 Å². The van der Waals surface area contributed by atoms with Gasteiger partial charge in [0.25, 0.3) is 0 Å². The van der Waals surface area contributed by atoms with E-state index < -0.39 is 5.54 Å². The van der Waals surface area contributed by atoms with Gasteiger partial charge in [-0.05, 0) is 62.4 Å². The van der Waals surface area contributed by atoms with E-state index in [2.05, 4.69) is 33.7 Å². The highest BCUT2D eigenvalue weighted by atomic mass is 32.2. The fourth-order valence-corrected chi connectivity index (χ4v) is 4.51. The summed E-state index contributed by atoms with van der Waals surface area (Å²) in [6.07, 6.45) is 2.57. The largest absolute Gasteiger partial charge is 0.494 e. The zero-order valence-corrected chi connectivity index (χ0v) is 19.6. The number of hydrogen-bond donors (Lipinski definition) is 1. The molecular formula is C25H27N5O2S. The van der Waals surface area contributed by atoms with Gasteiger partial charge in [-0.25, -0.2) is 0 Å². The molecule has 33 heavy (non-hydrogen) atoms. The molecule has 170 valence electrons. The summed E-state index contributed by atoms with van der Waals surface area (Å²) < 4.78 is 7.55. The van der Waals surface area contributed by atoms with Crippen LogP contribution < -0.4 is 10.1 Å². The molecule has 4 rings (SSSR count). The van der Waals surface area contributed by atoms with Crippen molar-refractivity contribution in [3.05, 3.63) is 66.0 Å². The summed E-state index contributed by atoms with van der Waals surface area (Å²) in [5.41, 5.74) is 1.22. The van der Waals surface area contributed by atoms with Crippen molar-refractivity contribution in [2.75, 3.05) is 12.4 Å². The number of rotatable bonds is 10. The van der Waals surface area contributed by atoms with Crippen molar-refractivity contribution in [1.82, 2.24) is 20.1 Å². The highest BCUT2D eigenvalue weighted by Crippen LogP contribution is 2.39. The Hall–Kier alpha value is -3.31. The highest BCUT2D eigenvalue weighted by Gasteiger charge is 2.43. The number of amides is 1. The van der Waals surface area contributed by atoms with Gasteiger partial charge < -0.3 is 10.1 Å². The van der Waals surface area contributed by atoms with Crippen molar-refractivity contribution in [1.29, 1.82) is 5.26 Å². The third kappa shape index (κ3) is 5.55. The molecule has 0 radical (unpaired) electrons. The number of nitrogens with one attached hydrogen (secondary N) is 1. The fourth-order valence-electron chi connectivity index (χ4n) is 3.74. The van der Waals surface area contributed by atoms with E-state index in [1.54, 1.807) is 6.92 Å². The molecule has 1 N–H and O–H groups in total. The Morgan fingerprint density at radius 2 is 1.94 bits per heavy atom. The zero-order chi connectivity index (χ0) is 23.3. The first-order valence-electron chi connectivity index (χ1n) is 11.1. The number of carbonyl (C=O) groups is 1. The summed E-state index contributed by atoms with van der Waals surface area (Å²) in [5.74, 6) is 1.80. The lowest BCUT2D eigenvalue weighted by molar-refractivity contribution is -0.119. The predicted octanol–water partition coefficient (Wildman–Crippen LogP) is 4.16. The molecule has 1 aliphatic rings. The summed E-state index contributed by atoms with van der Waals surface area (Å²) in [6, 6.07) is 20.1. The van der Waals surface area contributed by atoms with Crippen molar-refractivity contribution in [3.63, 3.8) is 0 Å². The highest BCUT2D eigenvalue weighted by molar-refractivity contribution is 7.99. The SMILES string of the molecule is CCOc1ccc(-n2c(Cc3ccccc3)nnc2SCC(=O)NC(C)(C#N)C2CC2)cc1. The maximum absolute atomic E-state index is 12.6. The van der Waals surface area contributed by atoms with Gasteiger partial charge in [0.15, 0.2) is 5.16 Å². The zero-order valence-electron chi connectivity index (χ0n) is 18.8. The first kappa shape index (κ1) is 22.9. The third-order valence-corrected chi connectivity index (χ3v) is 6.60. The van der Waals surface area contributed by atoms with Crippen LogP contribution >= 0.6 is 11.8 Å². The number of ether oxygens (including phenoxy) is 1. The second-order valence-corrected chi connectivity index (χ2v) is 9.19. The molecule has 0 bridgehead atoms. The van der Waals surface area contributed by atoms with Gasteiger partial charge in [0.2, 0.25) is 5.91 Å². The van der Waals surface area contributed by atoms with E-state index in [1.807, 2.05) is 54.0 Å². The Labute approximate surface area is 198 Å². The molecule has 1 aromatic heterocycles. The van der Waals surface area contributed by atoms with Crippen LogP contribution in [0.2, 0.25) is 0 Å². The lowest BCUT2D eigenvalue weighted by Gasteiger charge is -2.22. The Kier molecular flexibility index (Phi) is 6.99. The third-order valence-electron chi connectivity index (χ3n) is 5.67. The maximum Gasteiger partial charge on any atom is 0.231 e. The molecule has 1 unspecified atom stereocenters. The summed E-state index contributed by atoms with van der Waals surface area (Å²) in [5, 5.41) is 21.9. The summed E-state index contributed by atoms with van der Waals surface area (Å²) in [6.45, 7) is 4.35. The molecular weight excluding hydrogens is 434 g/mol. The number of nitriles is 1. The molecule has 1 atom stereocenters. The number of aromatic nitrogens is 3. The van der Waals surface area contributed by atoms with Crippen LogP contribution in [0.1, 0.15) is 38.1 Å². The van der Waals surface area contributed by atoms with Crippen molar-refractivity contribution >= 4 is 17.7 Å². The average Bonchev–Trinajstić information content (AvgIpc) is 3.62. The molecule has 1 fully saturated rings. The Balaban J connectivity index is 1.55. The number of thioether (sulfide) groups is 1. The van der Waals surface area contributed by atoms with Gasteiger partial charge in [-0.1, -0.05) is 42.1 Å². The number of nitrogens with zero attached hydrogens (tertiary/aromatic N) is 4. The van der Waals surface area contributed by atoms with Gasteiger partial charge in [0, 0.05) is 12.1 Å².